The molecule has 0 rings (SSSR count). The number of unbranched alkanes of at least 4 members (excludes halogenated alkanes) is 19. The van der Waals surface area contributed by atoms with Crippen molar-refractivity contribution in [2.24, 2.45) is 0 Å². The van der Waals surface area contributed by atoms with Gasteiger partial charge in [-0.25, -0.2) is 0 Å². The van der Waals surface area contributed by atoms with Gasteiger partial charge in [-0.15, -0.1) is 0 Å². The van der Waals surface area contributed by atoms with Gasteiger partial charge >= 0.3 is 5.97 Å². The van der Waals surface area contributed by atoms with Crippen LogP contribution in [-0.2, 0) is 9.59 Å². The maximum absolute atomic E-state index is 10.3. The Morgan fingerprint density at radius 3 is 1.32 bits per heavy atom. The largest absolute Gasteiger partial charge is 0.481 e. The summed E-state index contributed by atoms with van der Waals surface area (Å²) in [5.41, 5.74) is 0. The fourth-order valence-electron chi connectivity index (χ4n) is 4.18. The molecule has 216 valence electrons. The maximum Gasteiger partial charge on any atom is 0.303 e. The van der Waals surface area contributed by atoms with Gasteiger partial charge in [0.15, 0.2) is 0 Å². The molecular weight excluding hydrogens is 456 g/mol. The van der Waals surface area contributed by atoms with Crippen molar-refractivity contribution >= 4 is 12.3 Å². The van der Waals surface area contributed by atoms with E-state index in [4.69, 9.17) is 5.11 Å². The molecule has 37 heavy (non-hydrogen) atoms. The summed E-state index contributed by atoms with van der Waals surface area (Å²) < 4.78 is 0. The standard InChI is InChI=1S/C18H32O.C16H30O2/c1-2-3-4-5-6-7-8-9-10-11-12-13-14-15-16-17-18-19;1-2-3-4-5-6-7-8-9-10-11-12-13-14-15-16(17)18/h5-6,15-16,18H,2-4,7-14,17H2,1H3;2-3H,4-15H2,1H3,(H,17,18)/b6-5-,16-15-;3-2-. The van der Waals surface area contributed by atoms with E-state index in [1.165, 1.54) is 122 Å². The van der Waals surface area contributed by atoms with Crippen LogP contribution in [0, 0.1) is 0 Å². The molecule has 0 aromatic rings. The molecule has 0 saturated carbocycles. The van der Waals surface area contributed by atoms with Crippen molar-refractivity contribution in [3.63, 3.8) is 0 Å². The second-order valence-electron chi connectivity index (χ2n) is 10.2. The minimum Gasteiger partial charge on any atom is -0.481 e. The summed E-state index contributed by atoms with van der Waals surface area (Å²) in [6.45, 7) is 4.32. The van der Waals surface area contributed by atoms with E-state index in [1.54, 1.807) is 0 Å². The lowest BCUT2D eigenvalue weighted by atomic mass is 10.1. The van der Waals surface area contributed by atoms with Gasteiger partial charge in [0.1, 0.15) is 6.29 Å². The first-order valence-corrected chi connectivity index (χ1v) is 15.8. The predicted octanol–water partition coefficient (Wildman–Crippen LogP) is 11.3. The van der Waals surface area contributed by atoms with Crippen molar-refractivity contribution in [2.75, 3.05) is 0 Å². The average molecular weight is 519 g/mol. The first-order valence-electron chi connectivity index (χ1n) is 15.8. The Morgan fingerprint density at radius 2 is 0.919 bits per heavy atom. The molecule has 0 amide bonds. The Morgan fingerprint density at radius 1 is 0.541 bits per heavy atom. The quantitative estimate of drug-likeness (QED) is 0.0668. The number of carbonyl (C=O) groups is 2. The molecule has 0 heterocycles. The number of allylic oxidation sites excluding steroid dienone is 6. The van der Waals surface area contributed by atoms with Crippen LogP contribution in [0.5, 0.6) is 0 Å². The van der Waals surface area contributed by atoms with Crippen molar-refractivity contribution in [3.05, 3.63) is 36.5 Å². The Kier molecular flexibility index (Phi) is 37.0. The van der Waals surface area contributed by atoms with E-state index in [0.29, 0.717) is 12.8 Å². The van der Waals surface area contributed by atoms with Crippen LogP contribution < -0.4 is 0 Å². The highest BCUT2D eigenvalue weighted by molar-refractivity contribution is 5.66. The zero-order chi connectivity index (χ0) is 27.5. The zero-order valence-corrected chi connectivity index (χ0v) is 24.8. The summed E-state index contributed by atoms with van der Waals surface area (Å²) in [4.78, 5) is 20.4. The van der Waals surface area contributed by atoms with E-state index < -0.39 is 5.97 Å². The third-order valence-electron chi connectivity index (χ3n) is 6.53. The highest BCUT2D eigenvalue weighted by atomic mass is 16.4. The SMILES string of the molecule is C/C=C\CCCCCCCCCCCCC(=O)O.CCCC/C=C\CCCCCCCC/C=C\CC=O. The van der Waals surface area contributed by atoms with Crippen LogP contribution in [0.1, 0.15) is 168 Å². The van der Waals surface area contributed by atoms with Crippen LogP contribution in [0.25, 0.3) is 0 Å². The van der Waals surface area contributed by atoms with Crippen molar-refractivity contribution in [1.82, 2.24) is 0 Å². The van der Waals surface area contributed by atoms with Crippen LogP contribution >= 0.6 is 0 Å². The molecule has 3 heteroatoms. The fourth-order valence-corrected chi connectivity index (χ4v) is 4.18. The lowest BCUT2D eigenvalue weighted by molar-refractivity contribution is -0.137. The molecule has 0 aliphatic carbocycles. The van der Waals surface area contributed by atoms with Gasteiger partial charge in [0, 0.05) is 12.8 Å². The summed E-state index contributed by atoms with van der Waals surface area (Å²) in [5, 5.41) is 8.49. The molecule has 0 unspecified atom stereocenters. The fraction of sp³-hybridized carbons (Fsp3) is 0.765. The van der Waals surface area contributed by atoms with Gasteiger partial charge in [-0.05, 0) is 58.3 Å². The molecular formula is C34H62O3. The molecule has 0 aromatic heterocycles. The highest BCUT2D eigenvalue weighted by Crippen LogP contribution is 2.12. The molecule has 0 atom stereocenters. The molecule has 3 nitrogen and oxygen atoms in total. The summed E-state index contributed by atoms with van der Waals surface area (Å²) in [5.74, 6) is -0.659. The van der Waals surface area contributed by atoms with Gasteiger partial charge in [-0.2, -0.15) is 0 Å². The first kappa shape index (κ1) is 37.5. The number of carbonyl (C=O) groups excluding carboxylic acids is 1. The number of hydrogen-bond acceptors (Lipinski definition) is 2. The van der Waals surface area contributed by atoms with E-state index in [0.717, 1.165) is 25.5 Å². The molecule has 0 aliphatic heterocycles. The highest BCUT2D eigenvalue weighted by Gasteiger charge is 1.96. The molecule has 0 spiro atoms. The number of hydrogen-bond donors (Lipinski definition) is 1. The van der Waals surface area contributed by atoms with Gasteiger partial charge in [0.05, 0.1) is 0 Å². The van der Waals surface area contributed by atoms with Gasteiger partial charge < -0.3 is 9.90 Å². The third-order valence-corrected chi connectivity index (χ3v) is 6.53. The Balaban J connectivity index is 0. The molecule has 1 N–H and O–H groups in total. The lowest BCUT2D eigenvalue weighted by Crippen LogP contribution is -1.93. The number of aldehydes is 1. The normalized spacial score (nSPS) is 11.4. The van der Waals surface area contributed by atoms with Gasteiger partial charge in [0.2, 0.25) is 0 Å². The van der Waals surface area contributed by atoms with E-state index in [9.17, 15) is 9.59 Å². The minimum atomic E-state index is -0.659. The molecule has 0 radical (unpaired) electrons. The van der Waals surface area contributed by atoms with Crippen LogP contribution in [-0.4, -0.2) is 17.4 Å². The molecule has 0 aromatic carbocycles. The van der Waals surface area contributed by atoms with Crippen molar-refractivity contribution in [3.8, 4) is 0 Å². The van der Waals surface area contributed by atoms with E-state index in [1.807, 2.05) is 6.08 Å². The van der Waals surface area contributed by atoms with E-state index >= 15 is 0 Å². The second kappa shape index (κ2) is 36.5. The number of rotatable bonds is 27. The van der Waals surface area contributed by atoms with Crippen molar-refractivity contribution in [1.29, 1.82) is 0 Å². The third kappa shape index (κ3) is 41.7. The summed E-state index contributed by atoms with van der Waals surface area (Å²) in [6.07, 6.45) is 43.1. The zero-order valence-electron chi connectivity index (χ0n) is 24.8. The monoisotopic (exact) mass is 518 g/mol. The number of aliphatic carboxylic acids is 1. The smallest absolute Gasteiger partial charge is 0.303 e. The van der Waals surface area contributed by atoms with Gasteiger partial charge in [-0.3, -0.25) is 4.79 Å². The summed E-state index contributed by atoms with van der Waals surface area (Å²) in [7, 11) is 0. The Bertz CT molecular complexity index is 533. The van der Waals surface area contributed by atoms with Crippen molar-refractivity contribution in [2.45, 2.75) is 168 Å². The first-order chi connectivity index (χ1) is 18.2. The topological polar surface area (TPSA) is 54.4 Å². The maximum atomic E-state index is 10.3. The predicted molar refractivity (Wildman–Crippen MR) is 163 cm³/mol. The molecule has 0 bridgehead atoms. The van der Waals surface area contributed by atoms with Crippen LogP contribution in [0.15, 0.2) is 36.5 Å². The molecule has 0 saturated heterocycles. The Labute approximate surface area is 231 Å². The average Bonchev–Trinajstić information content (AvgIpc) is 2.89. The van der Waals surface area contributed by atoms with Crippen molar-refractivity contribution < 1.29 is 14.7 Å². The van der Waals surface area contributed by atoms with Gasteiger partial charge in [-0.1, -0.05) is 133 Å². The van der Waals surface area contributed by atoms with E-state index in [2.05, 4.69) is 44.2 Å². The van der Waals surface area contributed by atoms with Crippen LogP contribution in [0.2, 0.25) is 0 Å². The minimum absolute atomic E-state index is 0.339. The summed E-state index contributed by atoms with van der Waals surface area (Å²) >= 11 is 0. The number of carboxylic acid groups (broad SMARTS) is 1. The van der Waals surface area contributed by atoms with E-state index in [-0.39, 0.29) is 0 Å². The van der Waals surface area contributed by atoms with Gasteiger partial charge in [0.25, 0.3) is 0 Å². The number of carboxylic acids is 1. The van der Waals surface area contributed by atoms with Crippen LogP contribution in [0.4, 0.5) is 0 Å². The second-order valence-corrected chi connectivity index (χ2v) is 10.2. The van der Waals surface area contributed by atoms with Crippen LogP contribution in [0.3, 0.4) is 0 Å². The molecule has 0 fully saturated rings. The molecule has 0 aliphatic rings. The lowest BCUT2D eigenvalue weighted by Gasteiger charge is -2.01. The Hall–Kier alpha value is -1.64. The summed E-state index contributed by atoms with van der Waals surface area (Å²) in [6, 6.07) is 0.